The van der Waals surface area contributed by atoms with Crippen molar-refractivity contribution in [2.24, 2.45) is 0 Å². The van der Waals surface area contributed by atoms with Gasteiger partial charge in [-0.05, 0) is 56.6 Å². The lowest BCUT2D eigenvalue weighted by molar-refractivity contribution is 0.504. The summed E-state index contributed by atoms with van der Waals surface area (Å²) in [4.78, 5) is 4.27. The Bertz CT molecular complexity index is 600. The number of nitrogens with one attached hydrogen (secondary N) is 1. The molecule has 0 aliphatic heterocycles. The van der Waals surface area contributed by atoms with Gasteiger partial charge in [-0.1, -0.05) is 13.0 Å². The van der Waals surface area contributed by atoms with Crippen LogP contribution in [0.25, 0.3) is 0 Å². The fourth-order valence-corrected chi connectivity index (χ4v) is 3.18. The van der Waals surface area contributed by atoms with E-state index in [-0.39, 0.29) is 5.56 Å². The molecule has 2 aromatic rings. The number of hydrogen-bond acceptors (Lipinski definition) is 2. The summed E-state index contributed by atoms with van der Waals surface area (Å²) in [6.45, 7) is 2.43. The summed E-state index contributed by atoms with van der Waals surface area (Å²) >= 11 is 6.70. The molecule has 0 fully saturated rings. The van der Waals surface area contributed by atoms with Gasteiger partial charge in [0.15, 0.2) is 0 Å². The number of halogens is 4. The summed E-state index contributed by atoms with van der Waals surface area (Å²) in [5, 5.41) is 3.07. The van der Waals surface area contributed by atoms with Gasteiger partial charge >= 0.3 is 0 Å². The predicted octanol–water partition coefficient (Wildman–Crippen LogP) is 4.58. The van der Waals surface area contributed by atoms with Gasteiger partial charge in [-0.3, -0.25) is 4.98 Å². The Morgan fingerprint density at radius 3 is 2.45 bits per heavy atom. The van der Waals surface area contributed by atoms with Crippen molar-refractivity contribution in [1.29, 1.82) is 0 Å². The maximum atomic E-state index is 14.0. The average Bonchev–Trinajstić information content (AvgIpc) is 2.38. The molecule has 0 saturated carbocycles. The summed E-state index contributed by atoms with van der Waals surface area (Å²) in [7, 11) is 0. The van der Waals surface area contributed by atoms with Gasteiger partial charge in [-0.2, -0.15) is 0 Å². The van der Waals surface area contributed by atoms with E-state index in [1.54, 1.807) is 12.3 Å². The molecule has 106 valence electrons. The molecule has 20 heavy (non-hydrogen) atoms. The molecule has 1 heterocycles. The zero-order chi connectivity index (χ0) is 14.7. The van der Waals surface area contributed by atoms with Crippen LogP contribution in [0.5, 0.6) is 0 Å². The second kappa shape index (κ2) is 6.74. The molecule has 6 heteroatoms. The maximum absolute atomic E-state index is 14.0. The molecular formula is C14H12Br2F2N2. The Kier molecular flexibility index (Phi) is 5.23. The smallest absolute Gasteiger partial charge is 0.131 e. The molecule has 1 unspecified atom stereocenters. The zero-order valence-corrected chi connectivity index (χ0v) is 13.8. The van der Waals surface area contributed by atoms with Crippen LogP contribution in [0.3, 0.4) is 0 Å². The van der Waals surface area contributed by atoms with E-state index < -0.39 is 17.7 Å². The van der Waals surface area contributed by atoms with E-state index >= 15 is 0 Å². The number of pyridine rings is 1. The van der Waals surface area contributed by atoms with Gasteiger partial charge in [-0.25, -0.2) is 8.78 Å². The van der Waals surface area contributed by atoms with Crippen LogP contribution in [0.2, 0.25) is 0 Å². The lowest BCUT2D eigenvalue weighted by Crippen LogP contribution is -2.25. The number of hydrogen-bond donors (Lipinski definition) is 1. The molecule has 0 aliphatic carbocycles. The first-order valence-electron chi connectivity index (χ1n) is 6.02. The van der Waals surface area contributed by atoms with E-state index in [1.807, 2.05) is 6.92 Å². The number of nitrogens with zero attached hydrogens (tertiary/aromatic N) is 1. The first kappa shape index (κ1) is 15.5. The Hall–Kier alpha value is -0.850. The van der Waals surface area contributed by atoms with Crippen molar-refractivity contribution in [2.45, 2.75) is 13.0 Å². The van der Waals surface area contributed by atoms with Crippen molar-refractivity contribution in [3.63, 3.8) is 0 Å². The largest absolute Gasteiger partial charge is 0.305 e. The predicted molar refractivity (Wildman–Crippen MR) is 81.5 cm³/mol. The number of benzene rings is 1. The van der Waals surface area contributed by atoms with Crippen LogP contribution in [0, 0.1) is 11.6 Å². The van der Waals surface area contributed by atoms with Crippen LogP contribution >= 0.6 is 31.9 Å². The third kappa shape index (κ3) is 3.24. The fraction of sp³-hybridized carbons (Fsp3) is 0.214. The highest BCUT2D eigenvalue weighted by molar-refractivity contribution is 9.11. The molecule has 1 N–H and O–H groups in total. The molecule has 2 rings (SSSR count). The molecule has 0 spiro atoms. The van der Waals surface area contributed by atoms with Crippen molar-refractivity contribution in [3.05, 3.63) is 62.3 Å². The fourth-order valence-electron chi connectivity index (χ4n) is 1.96. The first-order valence-corrected chi connectivity index (χ1v) is 7.61. The number of rotatable bonds is 4. The molecule has 0 bridgehead atoms. The summed E-state index contributed by atoms with van der Waals surface area (Å²) in [6.07, 6.45) is 1.60. The molecule has 1 aromatic heterocycles. The monoisotopic (exact) mass is 404 g/mol. The maximum Gasteiger partial charge on any atom is 0.131 e. The van der Waals surface area contributed by atoms with Gasteiger partial charge in [0.25, 0.3) is 0 Å². The first-order chi connectivity index (χ1) is 9.54. The molecule has 0 aliphatic rings. The molecule has 1 atom stereocenters. The lowest BCUT2D eigenvalue weighted by atomic mass is 10.0. The lowest BCUT2D eigenvalue weighted by Gasteiger charge is -2.20. The Morgan fingerprint density at radius 1 is 1.25 bits per heavy atom. The highest BCUT2D eigenvalue weighted by Crippen LogP contribution is 2.31. The van der Waals surface area contributed by atoms with Gasteiger partial charge in [0.1, 0.15) is 11.6 Å². The van der Waals surface area contributed by atoms with Gasteiger partial charge in [-0.15, -0.1) is 0 Å². The highest BCUT2D eigenvalue weighted by atomic mass is 79.9. The summed E-state index contributed by atoms with van der Waals surface area (Å²) < 4.78 is 29.4. The van der Waals surface area contributed by atoms with E-state index in [4.69, 9.17) is 0 Å². The van der Waals surface area contributed by atoms with Crippen LogP contribution in [0.15, 0.2) is 39.4 Å². The van der Waals surface area contributed by atoms with Crippen molar-refractivity contribution < 1.29 is 8.78 Å². The Labute approximate surface area is 132 Å². The van der Waals surface area contributed by atoms with E-state index in [0.717, 1.165) is 4.47 Å². The third-order valence-corrected chi connectivity index (χ3v) is 3.88. The van der Waals surface area contributed by atoms with Gasteiger partial charge < -0.3 is 5.32 Å². The average molecular weight is 406 g/mol. The van der Waals surface area contributed by atoms with Crippen molar-refractivity contribution in [2.75, 3.05) is 6.54 Å². The number of aromatic nitrogens is 1. The summed E-state index contributed by atoms with van der Waals surface area (Å²) in [6, 6.07) is 4.99. The van der Waals surface area contributed by atoms with Crippen LogP contribution in [-0.2, 0) is 0 Å². The van der Waals surface area contributed by atoms with Crippen molar-refractivity contribution >= 4 is 31.9 Å². The van der Waals surface area contributed by atoms with Crippen LogP contribution in [-0.4, -0.2) is 11.5 Å². The molecule has 1 aromatic carbocycles. The summed E-state index contributed by atoms with van der Waals surface area (Å²) in [5.74, 6) is -1.18. The molecule has 0 saturated heterocycles. The summed E-state index contributed by atoms with van der Waals surface area (Å²) in [5.41, 5.74) is 0.518. The van der Waals surface area contributed by atoms with E-state index in [0.29, 0.717) is 16.7 Å². The SMILES string of the molecule is CCNC(c1ncc(Br)cc1Br)c1c(F)cccc1F. The van der Waals surface area contributed by atoms with E-state index in [2.05, 4.69) is 42.2 Å². The minimum atomic E-state index is -0.649. The quantitative estimate of drug-likeness (QED) is 0.804. The van der Waals surface area contributed by atoms with Crippen LogP contribution < -0.4 is 5.32 Å². The third-order valence-electron chi connectivity index (χ3n) is 2.81. The highest BCUT2D eigenvalue weighted by Gasteiger charge is 2.24. The molecule has 0 amide bonds. The van der Waals surface area contributed by atoms with E-state index in [9.17, 15) is 8.78 Å². The molecule has 0 radical (unpaired) electrons. The Balaban J connectivity index is 2.56. The van der Waals surface area contributed by atoms with Crippen LogP contribution in [0.4, 0.5) is 8.78 Å². The second-order valence-corrected chi connectivity index (χ2v) is 5.92. The minimum Gasteiger partial charge on any atom is -0.305 e. The van der Waals surface area contributed by atoms with Crippen molar-refractivity contribution in [1.82, 2.24) is 10.3 Å². The van der Waals surface area contributed by atoms with Gasteiger partial charge in [0.2, 0.25) is 0 Å². The molecular weight excluding hydrogens is 394 g/mol. The van der Waals surface area contributed by atoms with E-state index in [1.165, 1.54) is 18.2 Å². The topological polar surface area (TPSA) is 24.9 Å². The minimum absolute atomic E-state index is 0.0233. The second-order valence-electron chi connectivity index (χ2n) is 4.15. The van der Waals surface area contributed by atoms with Crippen molar-refractivity contribution in [3.8, 4) is 0 Å². The standard InChI is InChI=1S/C14H12Br2F2N2/c1-2-19-14(12-10(17)4-3-5-11(12)18)13-9(16)6-8(15)7-20-13/h3-7,14,19H,2H2,1H3. The zero-order valence-electron chi connectivity index (χ0n) is 10.6. The van der Waals surface area contributed by atoms with Gasteiger partial charge in [0, 0.05) is 20.7 Å². The normalized spacial score (nSPS) is 12.4. The molecule has 2 nitrogen and oxygen atoms in total. The van der Waals surface area contributed by atoms with Gasteiger partial charge in [0.05, 0.1) is 11.7 Å². The van der Waals surface area contributed by atoms with Crippen LogP contribution in [0.1, 0.15) is 24.2 Å². The Morgan fingerprint density at radius 2 is 1.90 bits per heavy atom.